The van der Waals surface area contributed by atoms with Crippen LogP contribution in [0.4, 0.5) is 0 Å². The summed E-state index contributed by atoms with van der Waals surface area (Å²) in [4.78, 5) is 0. The van der Waals surface area contributed by atoms with Crippen molar-refractivity contribution in [1.82, 2.24) is 0 Å². The second-order valence-corrected chi connectivity index (χ2v) is 3.09. The van der Waals surface area contributed by atoms with Gasteiger partial charge in [-0.2, -0.15) is 0 Å². The Morgan fingerprint density at radius 2 is 2.36 bits per heavy atom. The Bertz CT molecular complexity index is 112. The summed E-state index contributed by atoms with van der Waals surface area (Å²) in [5.41, 5.74) is 0. The lowest BCUT2D eigenvalue weighted by Crippen LogP contribution is -2.02. The minimum absolute atomic E-state index is 0.566. The molecule has 0 N–H and O–H groups in total. The zero-order chi connectivity index (χ0) is 7.94. The van der Waals surface area contributed by atoms with Gasteiger partial charge in [0.1, 0.15) is 0 Å². The maximum Gasteiger partial charge on any atom is 0.0579 e. The first-order valence-electron chi connectivity index (χ1n) is 4.70. The van der Waals surface area contributed by atoms with E-state index in [1.807, 2.05) is 0 Å². The van der Waals surface area contributed by atoms with Crippen LogP contribution in [0.3, 0.4) is 0 Å². The molecule has 0 amide bonds. The summed E-state index contributed by atoms with van der Waals surface area (Å²) in [7, 11) is 0. The molecule has 1 unspecified atom stereocenters. The summed E-state index contributed by atoms with van der Waals surface area (Å²) in [5, 5.41) is 0. The van der Waals surface area contributed by atoms with Crippen LogP contribution in [0.5, 0.6) is 0 Å². The molecule has 0 bridgehead atoms. The molecule has 1 fully saturated rings. The average Bonchev–Trinajstić information content (AvgIpc) is 2.50. The molecule has 0 aromatic heterocycles. The second-order valence-electron chi connectivity index (χ2n) is 3.09. The molecule has 0 radical (unpaired) electrons. The lowest BCUT2D eigenvalue weighted by Gasteiger charge is -2.05. The number of hydrogen-bond acceptors (Lipinski definition) is 1. The summed E-state index contributed by atoms with van der Waals surface area (Å²) >= 11 is 0. The minimum atomic E-state index is 0.566. The SMILES string of the molecule is CC/C=C\CCC1CCCO1. The van der Waals surface area contributed by atoms with Crippen LogP contribution in [0.15, 0.2) is 12.2 Å². The lowest BCUT2D eigenvalue weighted by molar-refractivity contribution is 0.105. The molecular weight excluding hydrogens is 136 g/mol. The van der Waals surface area contributed by atoms with E-state index in [0.717, 1.165) is 13.0 Å². The van der Waals surface area contributed by atoms with Crippen molar-refractivity contribution in [3.8, 4) is 0 Å². The Labute approximate surface area is 69.4 Å². The van der Waals surface area contributed by atoms with Gasteiger partial charge in [-0.1, -0.05) is 19.1 Å². The van der Waals surface area contributed by atoms with Crippen LogP contribution < -0.4 is 0 Å². The van der Waals surface area contributed by atoms with Crippen LogP contribution in [-0.2, 0) is 4.74 Å². The van der Waals surface area contributed by atoms with Crippen LogP contribution in [-0.4, -0.2) is 12.7 Å². The third-order valence-corrected chi connectivity index (χ3v) is 2.08. The molecule has 0 aromatic carbocycles. The Kier molecular flexibility index (Phi) is 4.29. The number of rotatable bonds is 4. The van der Waals surface area contributed by atoms with E-state index >= 15 is 0 Å². The first-order chi connectivity index (χ1) is 5.43. The van der Waals surface area contributed by atoms with Crippen molar-refractivity contribution in [2.45, 2.75) is 45.1 Å². The van der Waals surface area contributed by atoms with Gasteiger partial charge in [0.05, 0.1) is 6.10 Å². The van der Waals surface area contributed by atoms with Crippen LogP contribution in [0, 0.1) is 0 Å². The van der Waals surface area contributed by atoms with Crippen LogP contribution in [0.1, 0.15) is 39.0 Å². The first-order valence-corrected chi connectivity index (χ1v) is 4.70. The van der Waals surface area contributed by atoms with Gasteiger partial charge in [0, 0.05) is 6.61 Å². The fourth-order valence-electron chi connectivity index (χ4n) is 1.44. The second kappa shape index (κ2) is 5.36. The Balaban J connectivity index is 1.97. The highest BCUT2D eigenvalue weighted by Crippen LogP contribution is 2.16. The van der Waals surface area contributed by atoms with E-state index < -0.39 is 0 Å². The van der Waals surface area contributed by atoms with Crippen molar-refractivity contribution in [3.05, 3.63) is 12.2 Å². The van der Waals surface area contributed by atoms with Gasteiger partial charge in [-0.25, -0.2) is 0 Å². The van der Waals surface area contributed by atoms with E-state index in [9.17, 15) is 0 Å². The largest absolute Gasteiger partial charge is 0.378 e. The van der Waals surface area contributed by atoms with Crippen LogP contribution >= 0.6 is 0 Å². The predicted octanol–water partition coefficient (Wildman–Crippen LogP) is 2.91. The van der Waals surface area contributed by atoms with Crippen molar-refractivity contribution in [2.75, 3.05) is 6.61 Å². The number of allylic oxidation sites excluding steroid dienone is 2. The summed E-state index contributed by atoms with van der Waals surface area (Å²) in [6.45, 7) is 3.16. The zero-order valence-electron chi connectivity index (χ0n) is 7.38. The standard InChI is InChI=1S/C10H18O/c1-2-3-4-5-7-10-8-6-9-11-10/h3-4,10H,2,5-9H2,1H3/b4-3-. The third kappa shape index (κ3) is 3.57. The van der Waals surface area contributed by atoms with Crippen molar-refractivity contribution in [2.24, 2.45) is 0 Å². The highest BCUT2D eigenvalue weighted by molar-refractivity contribution is 4.81. The van der Waals surface area contributed by atoms with Crippen LogP contribution in [0.2, 0.25) is 0 Å². The van der Waals surface area contributed by atoms with Crippen molar-refractivity contribution >= 4 is 0 Å². The molecule has 64 valence electrons. The fraction of sp³-hybridized carbons (Fsp3) is 0.800. The molecule has 1 atom stereocenters. The Morgan fingerprint density at radius 1 is 1.45 bits per heavy atom. The molecule has 0 saturated carbocycles. The quantitative estimate of drug-likeness (QED) is 0.566. The summed E-state index contributed by atoms with van der Waals surface area (Å²) in [5.74, 6) is 0. The Hall–Kier alpha value is -0.300. The lowest BCUT2D eigenvalue weighted by atomic mass is 10.1. The average molecular weight is 154 g/mol. The fourth-order valence-corrected chi connectivity index (χ4v) is 1.44. The van der Waals surface area contributed by atoms with Gasteiger partial charge in [0.25, 0.3) is 0 Å². The molecule has 1 rings (SSSR count). The maximum atomic E-state index is 5.50. The van der Waals surface area contributed by atoms with Gasteiger partial charge in [-0.05, 0) is 32.1 Å². The Morgan fingerprint density at radius 3 is 3.00 bits per heavy atom. The third-order valence-electron chi connectivity index (χ3n) is 2.08. The van der Waals surface area contributed by atoms with Gasteiger partial charge < -0.3 is 4.74 Å². The van der Waals surface area contributed by atoms with Crippen molar-refractivity contribution in [1.29, 1.82) is 0 Å². The molecule has 1 heterocycles. The van der Waals surface area contributed by atoms with Crippen molar-refractivity contribution in [3.63, 3.8) is 0 Å². The molecule has 1 aliphatic heterocycles. The first kappa shape index (κ1) is 8.79. The number of hydrogen-bond donors (Lipinski definition) is 0. The van der Waals surface area contributed by atoms with Gasteiger partial charge in [0.2, 0.25) is 0 Å². The smallest absolute Gasteiger partial charge is 0.0579 e. The molecule has 0 spiro atoms. The predicted molar refractivity (Wildman–Crippen MR) is 47.6 cm³/mol. The van der Waals surface area contributed by atoms with Crippen LogP contribution in [0.25, 0.3) is 0 Å². The molecule has 1 heteroatoms. The van der Waals surface area contributed by atoms with E-state index in [1.165, 1.54) is 25.7 Å². The van der Waals surface area contributed by atoms with E-state index in [0.29, 0.717) is 6.10 Å². The highest BCUT2D eigenvalue weighted by atomic mass is 16.5. The summed E-state index contributed by atoms with van der Waals surface area (Å²) < 4.78 is 5.50. The van der Waals surface area contributed by atoms with Gasteiger partial charge >= 0.3 is 0 Å². The monoisotopic (exact) mass is 154 g/mol. The molecule has 1 aliphatic rings. The molecule has 11 heavy (non-hydrogen) atoms. The normalized spacial score (nSPS) is 25.0. The molecule has 1 nitrogen and oxygen atoms in total. The van der Waals surface area contributed by atoms with Gasteiger partial charge in [-0.3, -0.25) is 0 Å². The zero-order valence-corrected chi connectivity index (χ0v) is 7.38. The summed E-state index contributed by atoms with van der Waals surface area (Å²) in [6, 6.07) is 0. The molecule has 0 aromatic rings. The summed E-state index contributed by atoms with van der Waals surface area (Å²) in [6.07, 6.45) is 11.2. The van der Waals surface area contributed by atoms with E-state index in [1.54, 1.807) is 0 Å². The van der Waals surface area contributed by atoms with E-state index in [2.05, 4.69) is 19.1 Å². The minimum Gasteiger partial charge on any atom is -0.378 e. The van der Waals surface area contributed by atoms with Crippen molar-refractivity contribution < 1.29 is 4.74 Å². The molecule has 1 saturated heterocycles. The van der Waals surface area contributed by atoms with Gasteiger partial charge in [0.15, 0.2) is 0 Å². The topological polar surface area (TPSA) is 9.23 Å². The maximum absolute atomic E-state index is 5.50. The van der Waals surface area contributed by atoms with Gasteiger partial charge in [-0.15, -0.1) is 0 Å². The molecular formula is C10H18O. The van der Waals surface area contributed by atoms with E-state index in [4.69, 9.17) is 4.74 Å². The number of ether oxygens (including phenoxy) is 1. The van der Waals surface area contributed by atoms with E-state index in [-0.39, 0.29) is 0 Å². The highest BCUT2D eigenvalue weighted by Gasteiger charge is 2.13. The molecule has 0 aliphatic carbocycles.